The molecule has 7 heteroatoms. The number of thiophene rings is 1. The first-order chi connectivity index (χ1) is 10.3. The molecule has 4 heterocycles. The monoisotopic (exact) mass is 300 g/mol. The van der Waals surface area contributed by atoms with E-state index in [0.29, 0.717) is 0 Å². The Morgan fingerprint density at radius 3 is 2.90 bits per heavy atom. The van der Waals surface area contributed by atoms with Crippen molar-refractivity contribution in [3.05, 3.63) is 28.8 Å². The molecule has 0 spiro atoms. The second-order valence-electron chi connectivity index (χ2n) is 5.12. The number of fused-ring (bicyclic) bond motifs is 1. The maximum absolute atomic E-state index is 4.66. The summed E-state index contributed by atoms with van der Waals surface area (Å²) in [4.78, 5) is 11.5. The highest BCUT2D eigenvalue weighted by Crippen LogP contribution is 2.27. The Morgan fingerprint density at radius 1 is 1.29 bits per heavy atom. The Morgan fingerprint density at radius 2 is 2.14 bits per heavy atom. The number of nitrogens with one attached hydrogen (secondary N) is 1. The van der Waals surface area contributed by atoms with Crippen LogP contribution < -0.4 is 10.2 Å². The van der Waals surface area contributed by atoms with Crippen molar-refractivity contribution in [1.82, 2.24) is 24.9 Å². The van der Waals surface area contributed by atoms with Crippen LogP contribution in [-0.2, 0) is 0 Å². The fourth-order valence-corrected chi connectivity index (χ4v) is 3.32. The molecular formula is C14H16N6S. The molecule has 1 N–H and O–H groups in total. The Bertz CT molecular complexity index is 757. The van der Waals surface area contributed by atoms with Crippen molar-refractivity contribution in [3.63, 3.8) is 0 Å². The predicted molar refractivity (Wildman–Crippen MR) is 83.9 cm³/mol. The lowest BCUT2D eigenvalue weighted by Gasteiger charge is -2.28. The summed E-state index contributed by atoms with van der Waals surface area (Å²) in [6.45, 7) is 5.76. The lowest BCUT2D eigenvalue weighted by Crippen LogP contribution is -2.44. The van der Waals surface area contributed by atoms with E-state index in [9.17, 15) is 0 Å². The van der Waals surface area contributed by atoms with Crippen molar-refractivity contribution in [1.29, 1.82) is 0 Å². The topological polar surface area (TPSA) is 58.4 Å². The number of nitrogens with zero attached hydrogens (tertiary/aromatic N) is 5. The van der Waals surface area contributed by atoms with Crippen LogP contribution in [0.25, 0.3) is 16.8 Å². The summed E-state index contributed by atoms with van der Waals surface area (Å²) in [6.07, 6.45) is 1.92. The van der Waals surface area contributed by atoms with Crippen molar-refractivity contribution in [2.24, 2.45) is 0 Å². The lowest BCUT2D eigenvalue weighted by molar-refractivity contribution is 0.574. The van der Waals surface area contributed by atoms with Crippen LogP contribution in [0.4, 0.5) is 5.95 Å². The highest BCUT2D eigenvalue weighted by molar-refractivity contribution is 7.08. The first kappa shape index (κ1) is 12.7. The van der Waals surface area contributed by atoms with E-state index in [1.165, 1.54) is 0 Å². The second kappa shape index (κ2) is 5.09. The van der Waals surface area contributed by atoms with E-state index in [2.05, 4.69) is 42.1 Å². The minimum atomic E-state index is 0.774. The molecule has 108 valence electrons. The molecule has 21 heavy (non-hydrogen) atoms. The SMILES string of the molecule is Cc1nc2c(-c3ccsc3)cnc(N3CCNCC3)n2n1. The van der Waals surface area contributed by atoms with Gasteiger partial charge in [0.1, 0.15) is 5.82 Å². The van der Waals surface area contributed by atoms with E-state index in [1.54, 1.807) is 11.3 Å². The summed E-state index contributed by atoms with van der Waals surface area (Å²) in [5.41, 5.74) is 3.07. The average molecular weight is 300 g/mol. The van der Waals surface area contributed by atoms with Crippen LogP contribution in [0.5, 0.6) is 0 Å². The van der Waals surface area contributed by atoms with Crippen LogP contribution >= 0.6 is 11.3 Å². The van der Waals surface area contributed by atoms with Gasteiger partial charge < -0.3 is 10.2 Å². The van der Waals surface area contributed by atoms with E-state index < -0.39 is 0 Å². The minimum Gasteiger partial charge on any atom is -0.338 e. The molecule has 0 saturated carbocycles. The van der Waals surface area contributed by atoms with Crippen molar-refractivity contribution < 1.29 is 0 Å². The Kier molecular flexibility index (Phi) is 3.08. The smallest absolute Gasteiger partial charge is 0.228 e. The van der Waals surface area contributed by atoms with E-state index in [4.69, 9.17) is 0 Å². The van der Waals surface area contributed by atoms with Gasteiger partial charge in [0.05, 0.1) is 0 Å². The fraction of sp³-hybridized carbons (Fsp3) is 0.357. The number of aromatic nitrogens is 4. The zero-order valence-electron chi connectivity index (χ0n) is 11.8. The quantitative estimate of drug-likeness (QED) is 0.778. The van der Waals surface area contributed by atoms with Crippen LogP contribution in [-0.4, -0.2) is 45.8 Å². The number of piperazine rings is 1. The molecule has 0 radical (unpaired) electrons. The van der Waals surface area contributed by atoms with Gasteiger partial charge in [0, 0.05) is 37.9 Å². The van der Waals surface area contributed by atoms with Gasteiger partial charge in [-0.25, -0.2) is 9.97 Å². The van der Waals surface area contributed by atoms with Crippen molar-refractivity contribution >= 4 is 22.9 Å². The van der Waals surface area contributed by atoms with Gasteiger partial charge in [-0.15, -0.1) is 5.10 Å². The van der Waals surface area contributed by atoms with Crippen molar-refractivity contribution in [3.8, 4) is 11.1 Å². The van der Waals surface area contributed by atoms with Crippen LogP contribution in [0.2, 0.25) is 0 Å². The summed E-state index contributed by atoms with van der Waals surface area (Å²) in [5.74, 6) is 1.65. The van der Waals surface area contributed by atoms with Gasteiger partial charge in [0.25, 0.3) is 0 Å². The molecule has 0 aliphatic carbocycles. The number of aryl methyl sites for hydroxylation is 1. The Labute approximate surface area is 126 Å². The van der Waals surface area contributed by atoms with Gasteiger partial charge in [0.2, 0.25) is 5.95 Å². The number of hydrogen-bond acceptors (Lipinski definition) is 6. The molecular weight excluding hydrogens is 284 g/mol. The van der Waals surface area contributed by atoms with Gasteiger partial charge in [-0.1, -0.05) is 0 Å². The van der Waals surface area contributed by atoms with E-state index >= 15 is 0 Å². The van der Waals surface area contributed by atoms with E-state index in [-0.39, 0.29) is 0 Å². The summed E-state index contributed by atoms with van der Waals surface area (Å²) >= 11 is 1.68. The van der Waals surface area contributed by atoms with Gasteiger partial charge in [-0.05, 0) is 29.3 Å². The third kappa shape index (κ3) is 2.18. The maximum atomic E-state index is 4.66. The summed E-state index contributed by atoms with van der Waals surface area (Å²) in [6, 6.07) is 2.09. The Balaban J connectivity index is 1.88. The summed E-state index contributed by atoms with van der Waals surface area (Å²) in [5, 5.41) is 12.1. The first-order valence-corrected chi connectivity index (χ1v) is 7.98. The van der Waals surface area contributed by atoms with Gasteiger partial charge >= 0.3 is 0 Å². The van der Waals surface area contributed by atoms with E-state index in [0.717, 1.165) is 54.7 Å². The molecule has 0 atom stereocenters. The van der Waals surface area contributed by atoms with Crippen LogP contribution in [0, 0.1) is 6.92 Å². The summed E-state index contributed by atoms with van der Waals surface area (Å²) < 4.78 is 1.88. The second-order valence-corrected chi connectivity index (χ2v) is 5.90. The van der Waals surface area contributed by atoms with Crippen LogP contribution in [0.3, 0.4) is 0 Å². The standard InChI is InChI=1S/C14H16N6S/c1-10-17-13-12(11-2-7-21-9-11)8-16-14(20(13)18-10)19-5-3-15-4-6-19/h2,7-9,15H,3-6H2,1H3. The number of anilines is 1. The van der Waals surface area contributed by atoms with Gasteiger partial charge in [-0.3, -0.25) is 0 Å². The molecule has 3 aromatic heterocycles. The zero-order chi connectivity index (χ0) is 14.2. The Hall–Kier alpha value is -1.99. The largest absolute Gasteiger partial charge is 0.338 e. The third-order valence-corrected chi connectivity index (χ3v) is 4.37. The van der Waals surface area contributed by atoms with E-state index in [1.807, 2.05) is 17.6 Å². The van der Waals surface area contributed by atoms with Crippen molar-refractivity contribution in [2.45, 2.75) is 6.92 Å². The van der Waals surface area contributed by atoms with Gasteiger partial charge in [0.15, 0.2) is 5.65 Å². The molecule has 1 fully saturated rings. The molecule has 0 bridgehead atoms. The molecule has 1 saturated heterocycles. The normalized spacial score (nSPS) is 15.8. The summed E-state index contributed by atoms with van der Waals surface area (Å²) in [7, 11) is 0. The molecule has 1 aliphatic heterocycles. The predicted octanol–water partition coefficient (Wildman–Crippen LogP) is 1.57. The molecule has 0 aromatic carbocycles. The molecule has 4 rings (SSSR count). The maximum Gasteiger partial charge on any atom is 0.228 e. The number of hydrogen-bond donors (Lipinski definition) is 1. The molecule has 0 unspecified atom stereocenters. The van der Waals surface area contributed by atoms with Crippen LogP contribution in [0.1, 0.15) is 5.82 Å². The highest BCUT2D eigenvalue weighted by Gasteiger charge is 2.19. The lowest BCUT2D eigenvalue weighted by atomic mass is 10.2. The average Bonchev–Trinajstić information content (AvgIpc) is 3.15. The van der Waals surface area contributed by atoms with Crippen LogP contribution in [0.15, 0.2) is 23.0 Å². The third-order valence-electron chi connectivity index (χ3n) is 3.68. The molecule has 6 nitrogen and oxygen atoms in total. The van der Waals surface area contributed by atoms with Crippen molar-refractivity contribution in [2.75, 3.05) is 31.1 Å². The first-order valence-electron chi connectivity index (χ1n) is 7.03. The fourth-order valence-electron chi connectivity index (χ4n) is 2.67. The molecule has 3 aromatic rings. The molecule has 0 amide bonds. The number of rotatable bonds is 2. The zero-order valence-corrected chi connectivity index (χ0v) is 12.6. The minimum absolute atomic E-state index is 0.774. The molecule has 1 aliphatic rings. The van der Waals surface area contributed by atoms with Gasteiger partial charge in [-0.2, -0.15) is 15.9 Å². The highest BCUT2D eigenvalue weighted by atomic mass is 32.1.